The Balaban J connectivity index is 1.96. The molecule has 1 aromatic carbocycles. The van der Waals surface area contributed by atoms with Crippen molar-refractivity contribution in [3.8, 4) is 0 Å². The molecular weight excluding hydrogens is 264 g/mol. The molecule has 1 N–H and O–H groups in total. The van der Waals surface area contributed by atoms with Gasteiger partial charge in [0.2, 0.25) is 5.91 Å². The second-order valence-electron chi connectivity index (χ2n) is 6.10. The highest BCUT2D eigenvalue weighted by atomic mass is 16.5. The first-order valence-corrected chi connectivity index (χ1v) is 7.68. The predicted octanol–water partition coefficient (Wildman–Crippen LogP) is 2.15. The number of amides is 1. The summed E-state index contributed by atoms with van der Waals surface area (Å²) in [5.74, 6) is 0.623. The predicted molar refractivity (Wildman–Crippen MR) is 84.2 cm³/mol. The molecule has 1 saturated heterocycles. The lowest BCUT2D eigenvalue weighted by Crippen LogP contribution is -2.55. The average molecular weight is 290 g/mol. The lowest BCUT2D eigenvalue weighted by atomic mass is 10.0. The summed E-state index contributed by atoms with van der Waals surface area (Å²) in [5, 5.41) is 3.24. The molecule has 0 radical (unpaired) electrons. The second kappa shape index (κ2) is 7.05. The summed E-state index contributed by atoms with van der Waals surface area (Å²) >= 11 is 0. The normalized spacial score (nSPS) is 22.3. The first kappa shape index (κ1) is 16.0. The maximum Gasteiger partial charge on any atom is 0.242 e. The van der Waals surface area contributed by atoms with Gasteiger partial charge in [-0.1, -0.05) is 38.1 Å². The fourth-order valence-corrected chi connectivity index (χ4v) is 2.61. The molecular formula is C17H26N2O2. The minimum atomic E-state index is -0.237. The molecule has 2 atom stereocenters. The molecule has 2 rings (SSSR count). The van der Waals surface area contributed by atoms with Crippen LogP contribution in [-0.2, 0) is 16.1 Å². The molecule has 1 heterocycles. The lowest BCUT2D eigenvalue weighted by Gasteiger charge is -2.32. The number of carbonyl (C=O) groups excluding carboxylic acids is 1. The third-order valence-corrected chi connectivity index (χ3v) is 4.02. The Morgan fingerprint density at radius 2 is 2.05 bits per heavy atom. The van der Waals surface area contributed by atoms with E-state index in [0.29, 0.717) is 19.1 Å². The van der Waals surface area contributed by atoms with E-state index in [0.717, 1.165) is 12.1 Å². The number of benzene rings is 1. The topological polar surface area (TPSA) is 41.6 Å². The van der Waals surface area contributed by atoms with Crippen LogP contribution in [0.1, 0.15) is 37.8 Å². The van der Waals surface area contributed by atoms with Crippen molar-refractivity contribution in [2.45, 2.75) is 45.4 Å². The summed E-state index contributed by atoms with van der Waals surface area (Å²) in [6.07, 6.45) is -0.0722. The molecule has 21 heavy (non-hydrogen) atoms. The number of carbonyl (C=O) groups is 1. The van der Waals surface area contributed by atoms with Gasteiger partial charge in [0.05, 0.1) is 12.7 Å². The number of nitrogens with zero attached hydrogens (tertiary/aromatic N) is 1. The van der Waals surface area contributed by atoms with Crippen LogP contribution in [0.5, 0.6) is 0 Å². The van der Waals surface area contributed by atoms with E-state index in [4.69, 9.17) is 4.74 Å². The van der Waals surface area contributed by atoms with Gasteiger partial charge in [0, 0.05) is 20.1 Å². The molecule has 1 amide bonds. The molecule has 1 aromatic rings. The van der Waals surface area contributed by atoms with E-state index in [-0.39, 0.29) is 18.1 Å². The van der Waals surface area contributed by atoms with Crippen molar-refractivity contribution < 1.29 is 9.53 Å². The van der Waals surface area contributed by atoms with Gasteiger partial charge < -0.3 is 15.0 Å². The van der Waals surface area contributed by atoms with Crippen LogP contribution in [0.3, 0.4) is 0 Å². The van der Waals surface area contributed by atoms with E-state index >= 15 is 0 Å². The Morgan fingerprint density at radius 3 is 2.62 bits per heavy atom. The lowest BCUT2D eigenvalue weighted by molar-refractivity contribution is -0.138. The third-order valence-electron chi connectivity index (χ3n) is 4.02. The minimum absolute atomic E-state index is 0.0722. The molecule has 1 fully saturated rings. The fourth-order valence-electron chi connectivity index (χ4n) is 2.61. The number of hydrogen-bond donors (Lipinski definition) is 1. The van der Waals surface area contributed by atoms with Crippen molar-refractivity contribution in [2.75, 3.05) is 20.2 Å². The molecule has 1 aliphatic heterocycles. The summed E-state index contributed by atoms with van der Waals surface area (Å²) in [6, 6.07) is 8.26. The summed E-state index contributed by atoms with van der Waals surface area (Å²) in [4.78, 5) is 14.2. The van der Waals surface area contributed by atoms with Gasteiger partial charge in [0.25, 0.3) is 0 Å². The van der Waals surface area contributed by atoms with Crippen molar-refractivity contribution in [2.24, 2.45) is 0 Å². The first-order valence-electron chi connectivity index (χ1n) is 7.68. The number of nitrogens with one attached hydrogen (secondary N) is 1. The number of likely N-dealkylation sites (N-methyl/N-ethyl adjacent to an activating group) is 1. The van der Waals surface area contributed by atoms with Crippen molar-refractivity contribution in [1.82, 2.24) is 10.2 Å². The minimum Gasteiger partial charge on any atom is -0.375 e. The van der Waals surface area contributed by atoms with Gasteiger partial charge in [-0.15, -0.1) is 0 Å². The Kier molecular flexibility index (Phi) is 5.37. The number of morpholine rings is 1. The van der Waals surface area contributed by atoms with Crippen molar-refractivity contribution in [1.29, 1.82) is 0 Å². The molecule has 0 unspecified atom stereocenters. The highest BCUT2D eigenvalue weighted by molar-refractivity contribution is 5.82. The zero-order chi connectivity index (χ0) is 15.4. The molecule has 4 heteroatoms. The molecule has 0 aromatic heterocycles. The van der Waals surface area contributed by atoms with Crippen LogP contribution in [0.2, 0.25) is 0 Å². The van der Waals surface area contributed by atoms with E-state index in [1.807, 2.05) is 14.0 Å². The Morgan fingerprint density at radius 1 is 1.38 bits per heavy atom. The highest BCUT2D eigenvalue weighted by Crippen LogP contribution is 2.16. The Hall–Kier alpha value is -1.39. The molecule has 1 aliphatic rings. The molecule has 0 saturated carbocycles. The average Bonchev–Trinajstić information content (AvgIpc) is 2.47. The van der Waals surface area contributed by atoms with Gasteiger partial charge in [0.1, 0.15) is 6.04 Å². The zero-order valence-corrected chi connectivity index (χ0v) is 13.4. The standard InChI is InChI=1S/C17H26N2O2/c1-12(2)15-7-5-14(6-8-15)11-19(4)17(20)16-13(3)21-10-9-18-16/h5-8,12-13,16,18H,9-11H2,1-4H3/t13-,16+/m1/s1. The van der Waals surface area contributed by atoms with E-state index < -0.39 is 0 Å². The first-order chi connectivity index (χ1) is 9.99. The van der Waals surface area contributed by atoms with E-state index in [9.17, 15) is 4.79 Å². The SMILES string of the molecule is CC(C)c1ccc(CN(C)C(=O)[C@H]2NCCO[C@@H]2C)cc1. The van der Waals surface area contributed by atoms with Gasteiger partial charge in [-0.05, 0) is 24.0 Å². The van der Waals surface area contributed by atoms with Crippen LogP contribution < -0.4 is 5.32 Å². The second-order valence-corrected chi connectivity index (χ2v) is 6.10. The largest absolute Gasteiger partial charge is 0.375 e. The molecule has 0 spiro atoms. The number of ether oxygens (including phenoxy) is 1. The van der Waals surface area contributed by atoms with E-state index in [1.54, 1.807) is 4.90 Å². The number of rotatable bonds is 4. The molecule has 0 aliphatic carbocycles. The molecule has 0 bridgehead atoms. The fraction of sp³-hybridized carbons (Fsp3) is 0.588. The monoisotopic (exact) mass is 290 g/mol. The maximum atomic E-state index is 12.5. The van der Waals surface area contributed by atoms with Gasteiger partial charge in [-0.3, -0.25) is 4.79 Å². The van der Waals surface area contributed by atoms with Crippen molar-refractivity contribution >= 4 is 5.91 Å². The van der Waals surface area contributed by atoms with E-state index in [1.165, 1.54) is 5.56 Å². The van der Waals surface area contributed by atoms with Crippen LogP contribution in [0.25, 0.3) is 0 Å². The van der Waals surface area contributed by atoms with Crippen LogP contribution in [0.4, 0.5) is 0 Å². The Bertz CT molecular complexity index is 470. The van der Waals surface area contributed by atoms with Gasteiger partial charge in [-0.2, -0.15) is 0 Å². The maximum absolute atomic E-state index is 12.5. The smallest absolute Gasteiger partial charge is 0.242 e. The van der Waals surface area contributed by atoms with Gasteiger partial charge in [-0.25, -0.2) is 0 Å². The van der Waals surface area contributed by atoms with Crippen LogP contribution in [-0.4, -0.2) is 43.2 Å². The summed E-state index contributed by atoms with van der Waals surface area (Å²) in [7, 11) is 1.85. The summed E-state index contributed by atoms with van der Waals surface area (Å²) < 4.78 is 5.54. The van der Waals surface area contributed by atoms with Crippen molar-refractivity contribution in [3.63, 3.8) is 0 Å². The van der Waals surface area contributed by atoms with Crippen LogP contribution in [0.15, 0.2) is 24.3 Å². The summed E-state index contributed by atoms with van der Waals surface area (Å²) in [6.45, 7) is 8.34. The van der Waals surface area contributed by atoms with E-state index in [2.05, 4.69) is 43.4 Å². The quantitative estimate of drug-likeness (QED) is 0.924. The van der Waals surface area contributed by atoms with Crippen LogP contribution >= 0.6 is 0 Å². The number of hydrogen-bond acceptors (Lipinski definition) is 3. The van der Waals surface area contributed by atoms with Crippen LogP contribution in [0, 0.1) is 0 Å². The third kappa shape index (κ3) is 4.05. The highest BCUT2D eigenvalue weighted by Gasteiger charge is 2.30. The van der Waals surface area contributed by atoms with Crippen molar-refractivity contribution in [3.05, 3.63) is 35.4 Å². The zero-order valence-electron chi connectivity index (χ0n) is 13.4. The summed E-state index contributed by atoms with van der Waals surface area (Å²) in [5.41, 5.74) is 2.48. The van der Waals surface area contributed by atoms with Gasteiger partial charge in [0.15, 0.2) is 0 Å². The molecule has 4 nitrogen and oxygen atoms in total. The van der Waals surface area contributed by atoms with Gasteiger partial charge >= 0.3 is 0 Å². The Labute approximate surface area is 127 Å². The molecule has 116 valence electrons.